The Hall–Kier alpha value is -3.27. The summed E-state index contributed by atoms with van der Waals surface area (Å²) in [6.45, 7) is 14.5. The number of para-hydroxylation sites is 2. The molecule has 176 valence electrons. The fourth-order valence-corrected chi connectivity index (χ4v) is 6.01. The number of nitrogens with zero attached hydrogens (tertiary/aromatic N) is 2. The third-order valence-corrected chi connectivity index (χ3v) is 7.93. The zero-order valence-corrected chi connectivity index (χ0v) is 21.0. The molecule has 1 unspecified atom stereocenters. The van der Waals surface area contributed by atoms with Crippen molar-refractivity contribution in [2.75, 3.05) is 22.9 Å². The molecule has 4 heteroatoms. The summed E-state index contributed by atoms with van der Waals surface area (Å²) in [6, 6.07) is 16.7. The van der Waals surface area contributed by atoms with Gasteiger partial charge in [0.25, 0.3) is 0 Å². The molecule has 34 heavy (non-hydrogen) atoms. The predicted molar refractivity (Wildman–Crippen MR) is 137 cm³/mol. The largest absolute Gasteiger partial charge is 0.874 e. The summed E-state index contributed by atoms with van der Waals surface area (Å²) in [4.78, 5) is 17.8. The highest BCUT2D eigenvalue weighted by Gasteiger charge is 2.43. The van der Waals surface area contributed by atoms with Crippen LogP contribution in [0.2, 0.25) is 0 Å². The number of hydrogen-bond acceptors (Lipinski definition) is 4. The van der Waals surface area contributed by atoms with Gasteiger partial charge in [-0.25, -0.2) is 0 Å². The molecular formula is C30H33N2O2-. The molecule has 4 nitrogen and oxygen atoms in total. The molecule has 2 aromatic rings. The minimum Gasteiger partial charge on any atom is -0.874 e. The Kier molecular flexibility index (Phi) is 5.05. The third kappa shape index (κ3) is 2.94. The van der Waals surface area contributed by atoms with Crippen molar-refractivity contribution in [3.8, 4) is 0 Å². The molecule has 0 bridgehead atoms. The van der Waals surface area contributed by atoms with Gasteiger partial charge < -0.3 is 14.9 Å². The Bertz CT molecular complexity index is 1280. The minimum absolute atomic E-state index is 0.0735. The van der Waals surface area contributed by atoms with Gasteiger partial charge in [-0.2, -0.15) is 0 Å². The summed E-state index contributed by atoms with van der Waals surface area (Å²) >= 11 is 0. The summed E-state index contributed by atoms with van der Waals surface area (Å²) < 4.78 is 0. The van der Waals surface area contributed by atoms with Crippen molar-refractivity contribution in [1.82, 2.24) is 0 Å². The first-order valence-corrected chi connectivity index (χ1v) is 12.3. The lowest BCUT2D eigenvalue weighted by Gasteiger charge is -2.37. The van der Waals surface area contributed by atoms with Crippen molar-refractivity contribution in [1.29, 1.82) is 0 Å². The number of ketones is 1. The van der Waals surface area contributed by atoms with Crippen molar-refractivity contribution in [3.63, 3.8) is 0 Å². The van der Waals surface area contributed by atoms with Crippen LogP contribution < -0.4 is 14.9 Å². The van der Waals surface area contributed by atoms with Crippen LogP contribution in [0.1, 0.15) is 52.7 Å². The zero-order valence-electron chi connectivity index (χ0n) is 21.0. The number of carbonyl (C=O) groups excluding carboxylic acids is 1. The number of Topliss-reactive ketones (excluding diaryl/α,β-unsaturated/α-hetero) is 1. The van der Waals surface area contributed by atoms with E-state index in [2.05, 4.69) is 81.7 Å². The molecule has 1 aliphatic carbocycles. The topological polar surface area (TPSA) is 46.6 Å². The first-order chi connectivity index (χ1) is 16.1. The molecule has 3 aliphatic rings. The highest BCUT2D eigenvalue weighted by molar-refractivity contribution is 6.09. The average molecular weight is 454 g/mol. The number of anilines is 2. The molecule has 0 radical (unpaired) electrons. The lowest BCUT2D eigenvalue weighted by Crippen LogP contribution is -2.39. The molecule has 0 saturated heterocycles. The average Bonchev–Trinajstić information content (AvgIpc) is 3.19. The van der Waals surface area contributed by atoms with E-state index in [9.17, 15) is 9.90 Å². The van der Waals surface area contributed by atoms with Crippen molar-refractivity contribution in [2.24, 2.45) is 5.92 Å². The Balaban J connectivity index is 1.54. The van der Waals surface area contributed by atoms with Gasteiger partial charge in [0, 0.05) is 52.3 Å². The fraction of sp³-hybridized carbons (Fsp3) is 0.367. The van der Waals surface area contributed by atoms with Gasteiger partial charge in [-0.05, 0) is 49.3 Å². The van der Waals surface area contributed by atoms with Gasteiger partial charge in [0.05, 0.1) is 5.92 Å². The van der Waals surface area contributed by atoms with E-state index in [0.29, 0.717) is 5.57 Å². The highest BCUT2D eigenvalue weighted by atomic mass is 16.3. The molecular weight excluding hydrogens is 420 g/mol. The van der Waals surface area contributed by atoms with Crippen LogP contribution in [0.3, 0.4) is 0 Å². The molecule has 0 fully saturated rings. The normalized spacial score (nSPS) is 24.6. The van der Waals surface area contributed by atoms with Crippen LogP contribution in [0.4, 0.5) is 11.4 Å². The van der Waals surface area contributed by atoms with Gasteiger partial charge in [0.2, 0.25) is 0 Å². The van der Waals surface area contributed by atoms with Crippen LogP contribution in [0.5, 0.6) is 0 Å². The maximum absolute atomic E-state index is 13.3. The van der Waals surface area contributed by atoms with Crippen molar-refractivity contribution < 1.29 is 9.90 Å². The Morgan fingerprint density at radius 3 is 1.79 bits per heavy atom. The Morgan fingerprint density at radius 1 is 0.824 bits per heavy atom. The number of rotatable bonds is 4. The van der Waals surface area contributed by atoms with Gasteiger partial charge in [-0.15, -0.1) is 5.76 Å². The smallest absolute Gasteiger partial charge is 0.172 e. The second kappa shape index (κ2) is 7.63. The van der Waals surface area contributed by atoms with Crippen LogP contribution in [0.25, 0.3) is 0 Å². The van der Waals surface area contributed by atoms with Crippen molar-refractivity contribution >= 4 is 17.2 Å². The second-order valence-corrected chi connectivity index (χ2v) is 10.5. The number of allylic oxidation sites excluding steroid dienone is 5. The van der Waals surface area contributed by atoms with Crippen LogP contribution in [0, 0.1) is 5.92 Å². The number of carbonyl (C=O) groups is 1. The van der Waals surface area contributed by atoms with Crippen LogP contribution in [-0.4, -0.2) is 18.9 Å². The lowest BCUT2D eigenvalue weighted by atomic mass is 9.76. The van der Waals surface area contributed by atoms with E-state index in [0.717, 1.165) is 35.9 Å². The summed E-state index contributed by atoms with van der Waals surface area (Å²) in [5, 5.41) is 13.3. The molecule has 0 aromatic heterocycles. The van der Waals surface area contributed by atoms with Crippen LogP contribution in [0.15, 0.2) is 83.4 Å². The number of hydrogen-bond donors (Lipinski definition) is 0. The maximum Gasteiger partial charge on any atom is 0.172 e. The van der Waals surface area contributed by atoms with Crippen molar-refractivity contribution in [3.05, 3.63) is 94.5 Å². The Morgan fingerprint density at radius 2 is 1.29 bits per heavy atom. The first kappa shape index (κ1) is 22.5. The SMILES string of the molecule is CCN1/C(=C\C2=C([O-])C(/C=C3\N(CC)c4ccccc4C3(C)C)C2=O)C(C)(C)c2ccccc21. The van der Waals surface area contributed by atoms with Gasteiger partial charge >= 0.3 is 0 Å². The van der Waals surface area contributed by atoms with Crippen LogP contribution >= 0.6 is 0 Å². The highest BCUT2D eigenvalue weighted by Crippen LogP contribution is 2.50. The maximum atomic E-state index is 13.3. The van der Waals surface area contributed by atoms with E-state index in [1.165, 1.54) is 11.1 Å². The molecule has 0 N–H and O–H groups in total. The van der Waals surface area contributed by atoms with Gasteiger partial charge in [0.1, 0.15) is 0 Å². The predicted octanol–water partition coefficient (Wildman–Crippen LogP) is 5.20. The summed E-state index contributed by atoms with van der Waals surface area (Å²) in [5.41, 5.74) is 6.64. The quantitative estimate of drug-likeness (QED) is 0.638. The second-order valence-electron chi connectivity index (χ2n) is 10.5. The first-order valence-electron chi connectivity index (χ1n) is 12.3. The van der Waals surface area contributed by atoms with E-state index in [1.54, 1.807) is 0 Å². The van der Waals surface area contributed by atoms with Gasteiger partial charge in [-0.3, -0.25) is 4.79 Å². The minimum atomic E-state index is -0.702. The number of fused-ring (bicyclic) bond motifs is 2. The van der Waals surface area contributed by atoms with E-state index in [4.69, 9.17) is 0 Å². The molecule has 0 spiro atoms. The van der Waals surface area contributed by atoms with Crippen molar-refractivity contribution in [2.45, 2.75) is 52.4 Å². The molecule has 2 aromatic carbocycles. The molecule has 0 saturated carbocycles. The molecule has 2 aliphatic heterocycles. The summed E-state index contributed by atoms with van der Waals surface area (Å²) in [5.74, 6) is -0.849. The van der Waals surface area contributed by atoms with E-state index >= 15 is 0 Å². The number of likely N-dealkylation sites (N-methyl/N-ethyl adjacent to an activating group) is 2. The molecule has 5 rings (SSSR count). The molecule has 2 heterocycles. The summed E-state index contributed by atoms with van der Waals surface area (Å²) in [7, 11) is 0. The molecule has 0 amide bonds. The molecule has 1 atom stereocenters. The Labute approximate surface area is 202 Å². The summed E-state index contributed by atoms with van der Waals surface area (Å²) in [6.07, 6.45) is 3.78. The zero-order chi connectivity index (χ0) is 24.4. The lowest BCUT2D eigenvalue weighted by molar-refractivity contribution is -0.315. The fourth-order valence-electron chi connectivity index (χ4n) is 6.01. The van der Waals surface area contributed by atoms with E-state index in [1.807, 2.05) is 30.4 Å². The van der Waals surface area contributed by atoms with E-state index in [-0.39, 0.29) is 22.4 Å². The monoisotopic (exact) mass is 453 g/mol. The number of benzene rings is 2. The third-order valence-electron chi connectivity index (χ3n) is 7.93. The van der Waals surface area contributed by atoms with Gasteiger partial charge in [-0.1, -0.05) is 64.1 Å². The van der Waals surface area contributed by atoms with Crippen LogP contribution in [-0.2, 0) is 15.6 Å². The standard InChI is InChI=1S/C30H34N2O2/c1-7-31-23-15-11-9-13-21(23)29(3,4)25(31)17-19-27(33)20(28(19)34)18-26-30(5,6)22-14-10-12-16-24(22)32(26)8-2/h9-19,33H,7-8H2,1-6H3/p-1/b25-17-,26-18-. The van der Waals surface area contributed by atoms with Gasteiger partial charge in [0.15, 0.2) is 5.78 Å². The van der Waals surface area contributed by atoms with E-state index < -0.39 is 5.92 Å².